The van der Waals surface area contributed by atoms with Gasteiger partial charge in [0.25, 0.3) is 0 Å². The Kier molecular flexibility index (Phi) is 5.88. The zero-order chi connectivity index (χ0) is 20.5. The Bertz CT molecular complexity index is 1250. The summed E-state index contributed by atoms with van der Waals surface area (Å²) in [5, 5.41) is 3.96. The predicted molar refractivity (Wildman–Crippen MR) is 122 cm³/mol. The maximum Gasteiger partial charge on any atom is 0.321 e. The van der Waals surface area contributed by atoms with Crippen LogP contribution in [0.25, 0.3) is 21.7 Å². The molecule has 0 aliphatic carbocycles. The van der Waals surface area contributed by atoms with E-state index < -0.39 is 5.97 Å². The molecule has 0 aliphatic heterocycles. The summed E-state index contributed by atoms with van der Waals surface area (Å²) in [6.07, 6.45) is 0. The smallest absolute Gasteiger partial charge is 0.321 e. The van der Waals surface area contributed by atoms with Gasteiger partial charge in [-0.3, -0.25) is 4.79 Å². The molecule has 0 N–H and O–H groups in total. The molecular formula is C22H14Cl3NO2S. The van der Waals surface area contributed by atoms with Crippen LogP contribution in [0.3, 0.4) is 0 Å². The van der Waals surface area contributed by atoms with Crippen LogP contribution in [-0.4, -0.2) is 16.7 Å². The Hall–Kier alpha value is -1.98. The zero-order valence-electron chi connectivity index (χ0n) is 15.2. The number of nitrogens with zero attached hydrogens (tertiary/aromatic N) is 1. The fraction of sp³-hybridized carbons (Fsp3) is 0.0909. The third-order valence-electron chi connectivity index (χ3n) is 4.35. The Labute approximate surface area is 186 Å². The van der Waals surface area contributed by atoms with E-state index in [-0.39, 0.29) is 16.5 Å². The van der Waals surface area contributed by atoms with Gasteiger partial charge >= 0.3 is 5.97 Å². The zero-order valence-corrected chi connectivity index (χ0v) is 18.3. The summed E-state index contributed by atoms with van der Waals surface area (Å²) in [4.78, 5) is 17.9. The van der Waals surface area contributed by atoms with Gasteiger partial charge in [0.05, 0.1) is 15.8 Å². The number of thioether (sulfide) groups is 1. The lowest BCUT2D eigenvalue weighted by molar-refractivity contribution is -0.131. The van der Waals surface area contributed by atoms with Gasteiger partial charge in [-0.25, -0.2) is 4.98 Å². The lowest BCUT2D eigenvalue weighted by Crippen LogP contribution is -2.11. The molecule has 29 heavy (non-hydrogen) atoms. The number of carbonyl (C=O) groups is 1. The average molecular weight is 463 g/mol. The lowest BCUT2D eigenvalue weighted by atomic mass is 10.1. The first-order valence-electron chi connectivity index (χ1n) is 8.70. The highest BCUT2D eigenvalue weighted by Crippen LogP contribution is 2.38. The van der Waals surface area contributed by atoms with Gasteiger partial charge < -0.3 is 4.74 Å². The van der Waals surface area contributed by atoms with Crippen molar-refractivity contribution in [2.75, 3.05) is 5.75 Å². The Morgan fingerprint density at radius 1 is 1.00 bits per heavy atom. The number of esters is 1. The summed E-state index contributed by atoms with van der Waals surface area (Å²) in [6, 6.07) is 16.8. The molecule has 3 nitrogen and oxygen atoms in total. The van der Waals surface area contributed by atoms with Crippen LogP contribution < -0.4 is 4.74 Å². The van der Waals surface area contributed by atoms with E-state index in [4.69, 9.17) is 39.5 Å². The monoisotopic (exact) mass is 461 g/mol. The highest BCUT2D eigenvalue weighted by atomic mass is 35.5. The number of rotatable bonds is 4. The van der Waals surface area contributed by atoms with E-state index in [1.807, 2.05) is 55.5 Å². The quantitative estimate of drug-likeness (QED) is 0.180. The maximum absolute atomic E-state index is 12.6. The number of hydrogen-bond donors (Lipinski definition) is 0. The molecule has 0 saturated carbocycles. The predicted octanol–water partition coefficient (Wildman–Crippen LogP) is 7.35. The largest absolute Gasteiger partial charge is 0.422 e. The molecule has 146 valence electrons. The number of aromatic nitrogens is 1. The molecular weight excluding hydrogens is 449 g/mol. The summed E-state index contributed by atoms with van der Waals surface area (Å²) in [5.41, 5.74) is 1.24. The van der Waals surface area contributed by atoms with Gasteiger partial charge in [0.15, 0.2) is 5.75 Å². The summed E-state index contributed by atoms with van der Waals surface area (Å²) < 4.78 is 5.59. The van der Waals surface area contributed by atoms with Gasteiger partial charge in [-0.2, -0.15) is 0 Å². The van der Waals surface area contributed by atoms with Crippen LogP contribution in [0, 0.1) is 6.92 Å². The van der Waals surface area contributed by atoms with Crippen molar-refractivity contribution in [1.29, 1.82) is 0 Å². The standard InChI is InChI=1S/C22H14Cl3NO2S/c1-12-8-9-14-16(24)10-17(25)22(21(14)26-12)28-19(27)11-29-18-7-3-5-13-4-2-6-15(23)20(13)18/h2-10H,11H2,1H3. The molecule has 1 aromatic heterocycles. The molecule has 0 amide bonds. The van der Waals surface area contributed by atoms with Crippen LogP contribution in [0.2, 0.25) is 15.1 Å². The van der Waals surface area contributed by atoms with E-state index in [1.54, 1.807) is 6.07 Å². The van der Waals surface area contributed by atoms with E-state index in [9.17, 15) is 4.79 Å². The molecule has 0 fully saturated rings. The van der Waals surface area contributed by atoms with Gasteiger partial charge in [-0.1, -0.05) is 59.1 Å². The Balaban J connectivity index is 1.60. The number of pyridine rings is 1. The minimum atomic E-state index is -0.437. The molecule has 3 aromatic carbocycles. The molecule has 4 rings (SSSR count). The third kappa shape index (κ3) is 4.17. The van der Waals surface area contributed by atoms with E-state index in [0.29, 0.717) is 20.9 Å². The van der Waals surface area contributed by atoms with Crippen molar-refractivity contribution in [2.24, 2.45) is 0 Å². The molecule has 0 bridgehead atoms. The van der Waals surface area contributed by atoms with Crippen LogP contribution in [-0.2, 0) is 4.79 Å². The Morgan fingerprint density at radius 2 is 1.76 bits per heavy atom. The van der Waals surface area contributed by atoms with Crippen molar-refractivity contribution < 1.29 is 9.53 Å². The summed E-state index contributed by atoms with van der Waals surface area (Å²) in [5.74, 6) is -0.124. The average Bonchev–Trinajstić information content (AvgIpc) is 2.69. The normalized spacial score (nSPS) is 11.2. The number of hydrogen-bond acceptors (Lipinski definition) is 4. The van der Waals surface area contributed by atoms with Crippen molar-refractivity contribution in [1.82, 2.24) is 4.98 Å². The second kappa shape index (κ2) is 8.41. The van der Waals surface area contributed by atoms with Crippen LogP contribution in [0.15, 0.2) is 59.5 Å². The molecule has 0 aliphatic rings. The number of benzene rings is 3. The van der Waals surface area contributed by atoms with E-state index in [2.05, 4.69) is 4.98 Å². The molecule has 0 atom stereocenters. The molecule has 1 heterocycles. The minimum absolute atomic E-state index is 0.0939. The summed E-state index contributed by atoms with van der Waals surface area (Å²) in [7, 11) is 0. The fourth-order valence-corrected chi connectivity index (χ4v) is 4.82. The first-order valence-corrected chi connectivity index (χ1v) is 10.8. The topological polar surface area (TPSA) is 39.2 Å². The van der Waals surface area contributed by atoms with Crippen LogP contribution in [0.5, 0.6) is 5.75 Å². The molecule has 4 aromatic rings. The highest BCUT2D eigenvalue weighted by molar-refractivity contribution is 8.00. The molecule has 0 saturated heterocycles. The van der Waals surface area contributed by atoms with Crippen molar-refractivity contribution in [3.8, 4) is 5.75 Å². The summed E-state index contributed by atoms with van der Waals surface area (Å²) in [6.45, 7) is 1.85. The van der Waals surface area contributed by atoms with E-state index in [0.717, 1.165) is 21.4 Å². The van der Waals surface area contributed by atoms with Gasteiger partial charge in [0, 0.05) is 26.4 Å². The van der Waals surface area contributed by atoms with Crippen molar-refractivity contribution in [2.45, 2.75) is 11.8 Å². The van der Waals surface area contributed by atoms with Gasteiger partial charge in [0.2, 0.25) is 0 Å². The minimum Gasteiger partial charge on any atom is -0.422 e. The number of aryl methyl sites for hydroxylation is 1. The van der Waals surface area contributed by atoms with E-state index >= 15 is 0 Å². The number of halogens is 3. The van der Waals surface area contributed by atoms with Crippen molar-refractivity contribution in [3.63, 3.8) is 0 Å². The first kappa shape index (κ1) is 20.3. The van der Waals surface area contributed by atoms with Crippen LogP contribution >= 0.6 is 46.6 Å². The van der Waals surface area contributed by atoms with Gasteiger partial charge in [0.1, 0.15) is 5.52 Å². The van der Waals surface area contributed by atoms with Gasteiger partial charge in [-0.15, -0.1) is 11.8 Å². The second-order valence-corrected chi connectivity index (χ2v) is 8.61. The molecule has 7 heteroatoms. The van der Waals surface area contributed by atoms with Gasteiger partial charge in [-0.05, 0) is 42.6 Å². The number of carbonyl (C=O) groups excluding carboxylic acids is 1. The molecule has 0 unspecified atom stereocenters. The number of ether oxygens (including phenoxy) is 1. The van der Waals surface area contributed by atoms with Crippen molar-refractivity contribution >= 4 is 74.2 Å². The van der Waals surface area contributed by atoms with Crippen LogP contribution in [0.4, 0.5) is 0 Å². The maximum atomic E-state index is 12.6. The first-order chi connectivity index (χ1) is 13.9. The number of fused-ring (bicyclic) bond motifs is 2. The second-order valence-electron chi connectivity index (χ2n) is 6.37. The van der Waals surface area contributed by atoms with E-state index in [1.165, 1.54) is 11.8 Å². The molecule has 0 spiro atoms. The van der Waals surface area contributed by atoms with Crippen LogP contribution in [0.1, 0.15) is 5.69 Å². The highest BCUT2D eigenvalue weighted by Gasteiger charge is 2.17. The Morgan fingerprint density at radius 3 is 2.55 bits per heavy atom. The third-order valence-corrected chi connectivity index (χ3v) is 6.29. The summed E-state index contributed by atoms with van der Waals surface area (Å²) >= 11 is 20.3. The fourth-order valence-electron chi connectivity index (χ4n) is 3.05. The SMILES string of the molecule is Cc1ccc2c(Cl)cc(Cl)c(OC(=O)CSc3cccc4cccc(Cl)c34)c2n1. The lowest BCUT2D eigenvalue weighted by Gasteiger charge is -2.12. The van der Waals surface area contributed by atoms with Crippen molar-refractivity contribution in [3.05, 3.63) is 75.4 Å². The molecule has 0 radical (unpaired) electrons.